The Morgan fingerprint density at radius 2 is 1.84 bits per heavy atom. The summed E-state index contributed by atoms with van der Waals surface area (Å²) in [6.07, 6.45) is -3.06. The minimum absolute atomic E-state index is 0.189. The molecule has 1 aliphatic rings. The summed E-state index contributed by atoms with van der Waals surface area (Å²) in [6, 6.07) is 12.4. The van der Waals surface area contributed by atoms with E-state index in [-0.39, 0.29) is 49.2 Å². The van der Waals surface area contributed by atoms with Crippen molar-refractivity contribution in [1.29, 1.82) is 0 Å². The van der Waals surface area contributed by atoms with E-state index in [1.165, 1.54) is 25.4 Å². The topological polar surface area (TPSA) is 88.6 Å². The number of sulfonamides is 1. The van der Waals surface area contributed by atoms with Crippen molar-refractivity contribution in [1.82, 2.24) is 14.6 Å². The van der Waals surface area contributed by atoms with Crippen LogP contribution < -0.4 is 4.72 Å². The highest BCUT2D eigenvalue weighted by Crippen LogP contribution is 2.38. The molecule has 2 heterocycles. The molecule has 1 N–H and O–H groups in total. The molecule has 2 aromatic carbocycles. The van der Waals surface area contributed by atoms with Gasteiger partial charge in [0.05, 0.1) is 22.6 Å². The Kier molecular flexibility index (Phi) is 8.41. The number of benzene rings is 2. The van der Waals surface area contributed by atoms with Crippen molar-refractivity contribution in [3.05, 3.63) is 82.6 Å². The van der Waals surface area contributed by atoms with E-state index in [4.69, 9.17) is 16.3 Å². The second-order valence-electron chi connectivity index (χ2n) is 8.86. The van der Waals surface area contributed by atoms with Gasteiger partial charge in [-0.15, -0.1) is 0 Å². The number of pyridine rings is 1. The van der Waals surface area contributed by atoms with Crippen LogP contribution in [-0.4, -0.2) is 50.5 Å². The van der Waals surface area contributed by atoms with Crippen molar-refractivity contribution in [2.24, 2.45) is 0 Å². The summed E-state index contributed by atoms with van der Waals surface area (Å²) in [4.78, 5) is 17.3. The highest BCUT2D eigenvalue weighted by Gasteiger charge is 2.38. The number of nitrogens with one attached hydrogen (secondary N) is 1. The lowest BCUT2D eigenvalue weighted by Gasteiger charge is -2.32. The van der Waals surface area contributed by atoms with Gasteiger partial charge in [-0.25, -0.2) is 18.1 Å². The number of hydrogen-bond donors (Lipinski definition) is 1. The van der Waals surface area contributed by atoms with Crippen LogP contribution in [0.25, 0.3) is 11.1 Å². The molecule has 4 rings (SSSR count). The van der Waals surface area contributed by atoms with Gasteiger partial charge in [0, 0.05) is 32.4 Å². The molecule has 202 valence electrons. The molecule has 0 bridgehead atoms. The molecule has 1 saturated heterocycles. The molecule has 1 aliphatic heterocycles. The van der Waals surface area contributed by atoms with Gasteiger partial charge in [0.15, 0.2) is 0 Å². The predicted molar refractivity (Wildman–Crippen MR) is 136 cm³/mol. The van der Waals surface area contributed by atoms with Crippen molar-refractivity contribution < 1.29 is 31.1 Å². The van der Waals surface area contributed by atoms with Crippen LogP contribution in [0, 0.1) is 0 Å². The van der Waals surface area contributed by atoms with Crippen molar-refractivity contribution in [3.63, 3.8) is 0 Å². The van der Waals surface area contributed by atoms with Crippen LogP contribution in [-0.2, 0) is 27.5 Å². The van der Waals surface area contributed by atoms with Gasteiger partial charge in [-0.3, -0.25) is 4.79 Å². The summed E-state index contributed by atoms with van der Waals surface area (Å²) >= 11 is 5.76. The molecule has 0 spiro atoms. The molecule has 0 aliphatic carbocycles. The molecule has 0 saturated carbocycles. The van der Waals surface area contributed by atoms with E-state index >= 15 is 0 Å². The molecule has 0 unspecified atom stereocenters. The maximum atomic E-state index is 14.1. The number of likely N-dealkylation sites (tertiary alicyclic amines) is 1. The first-order valence-corrected chi connectivity index (χ1v) is 13.6. The summed E-state index contributed by atoms with van der Waals surface area (Å²) in [5, 5.41) is 0.250. The number of amides is 1. The first kappa shape index (κ1) is 28.0. The van der Waals surface area contributed by atoms with Crippen LogP contribution in [0.3, 0.4) is 0 Å². The third kappa shape index (κ3) is 6.35. The van der Waals surface area contributed by atoms with Crippen molar-refractivity contribution >= 4 is 27.5 Å². The molecule has 1 fully saturated rings. The van der Waals surface area contributed by atoms with E-state index in [0.29, 0.717) is 16.7 Å². The molecule has 0 radical (unpaired) electrons. The summed E-state index contributed by atoms with van der Waals surface area (Å²) < 4.78 is 76.0. The molecule has 38 heavy (non-hydrogen) atoms. The first-order valence-electron chi connectivity index (χ1n) is 11.7. The van der Waals surface area contributed by atoms with E-state index < -0.39 is 32.7 Å². The zero-order valence-corrected chi connectivity index (χ0v) is 21.9. The fourth-order valence-corrected chi connectivity index (χ4v) is 6.03. The second kappa shape index (κ2) is 11.4. The molecule has 1 amide bonds. The number of carbonyl (C=O) groups excluding carboxylic acids is 1. The van der Waals surface area contributed by atoms with Crippen molar-refractivity contribution in [2.75, 3.05) is 20.2 Å². The van der Waals surface area contributed by atoms with Gasteiger partial charge < -0.3 is 9.64 Å². The first-order chi connectivity index (χ1) is 18.0. The van der Waals surface area contributed by atoms with Gasteiger partial charge in [0.1, 0.15) is 5.15 Å². The fraction of sp³-hybridized carbons (Fsp3) is 0.308. The van der Waals surface area contributed by atoms with Crippen LogP contribution >= 0.6 is 11.6 Å². The number of hydrogen-bond acceptors (Lipinski definition) is 5. The molecule has 7 nitrogen and oxygen atoms in total. The van der Waals surface area contributed by atoms with Crippen LogP contribution in [0.4, 0.5) is 13.2 Å². The normalized spacial score (nSPS) is 15.0. The summed E-state index contributed by atoms with van der Waals surface area (Å²) in [6.45, 7) is 0.654. The number of aromatic nitrogens is 1. The average Bonchev–Trinajstić information content (AvgIpc) is 2.89. The zero-order chi connectivity index (χ0) is 27.5. The fourth-order valence-electron chi connectivity index (χ4n) is 4.40. The average molecular weight is 568 g/mol. The van der Waals surface area contributed by atoms with Crippen LogP contribution in [0.2, 0.25) is 5.15 Å². The van der Waals surface area contributed by atoms with Gasteiger partial charge in [-0.2, -0.15) is 13.2 Å². The van der Waals surface area contributed by atoms with Gasteiger partial charge in [-0.05, 0) is 53.8 Å². The molecule has 12 heteroatoms. The number of alkyl halides is 3. The maximum absolute atomic E-state index is 14.1. The van der Waals surface area contributed by atoms with E-state index in [2.05, 4.69) is 9.71 Å². The van der Waals surface area contributed by atoms with E-state index in [0.717, 1.165) is 12.1 Å². The van der Waals surface area contributed by atoms with E-state index in [1.807, 2.05) is 0 Å². The van der Waals surface area contributed by atoms with Gasteiger partial charge in [-0.1, -0.05) is 41.9 Å². The number of halogens is 4. The zero-order valence-electron chi connectivity index (χ0n) is 20.3. The molecule has 3 aromatic rings. The van der Waals surface area contributed by atoms with Crippen LogP contribution in [0.5, 0.6) is 0 Å². The maximum Gasteiger partial charge on any atom is 0.417 e. The Morgan fingerprint density at radius 3 is 2.47 bits per heavy atom. The van der Waals surface area contributed by atoms with Gasteiger partial charge in [0.2, 0.25) is 10.0 Å². The highest BCUT2D eigenvalue weighted by molar-refractivity contribution is 7.89. The SMILES string of the molecule is COCc1ccccc1-c1ccc(S(=O)(=O)NC2CCN(C(=O)c3ccc(Cl)nc3)CC2)c(C(F)(F)F)c1. The standard InChI is InChI=1S/C26H25ClF3N3O4S/c1-37-16-19-4-2-3-5-21(19)17-6-8-23(22(14-17)26(28,29)30)38(35,36)32-20-10-12-33(13-11-20)25(34)18-7-9-24(27)31-15-18/h2-9,14-15,20,32H,10-13,16H2,1H3. The Bertz CT molecular complexity index is 1410. The second-order valence-corrected chi connectivity index (χ2v) is 10.9. The van der Waals surface area contributed by atoms with E-state index in [9.17, 15) is 26.4 Å². The number of piperidine rings is 1. The largest absolute Gasteiger partial charge is 0.417 e. The van der Waals surface area contributed by atoms with E-state index in [1.54, 1.807) is 35.2 Å². The summed E-state index contributed by atoms with van der Waals surface area (Å²) in [5.74, 6) is -0.279. The number of rotatable bonds is 7. The number of nitrogens with zero attached hydrogens (tertiary/aromatic N) is 2. The summed E-state index contributed by atoms with van der Waals surface area (Å²) in [5.41, 5.74) is 0.512. The monoisotopic (exact) mass is 567 g/mol. The lowest BCUT2D eigenvalue weighted by molar-refractivity contribution is -0.139. The lowest BCUT2D eigenvalue weighted by atomic mass is 9.98. The molecule has 1 aromatic heterocycles. The Balaban J connectivity index is 1.53. The Morgan fingerprint density at radius 1 is 1.13 bits per heavy atom. The number of ether oxygens (including phenoxy) is 1. The quantitative estimate of drug-likeness (QED) is 0.399. The lowest BCUT2D eigenvalue weighted by Crippen LogP contribution is -2.46. The third-order valence-electron chi connectivity index (χ3n) is 6.28. The minimum Gasteiger partial charge on any atom is -0.380 e. The number of methoxy groups -OCH3 is 1. The van der Waals surface area contributed by atoms with Crippen LogP contribution in [0.15, 0.2) is 65.7 Å². The van der Waals surface area contributed by atoms with Crippen molar-refractivity contribution in [3.8, 4) is 11.1 Å². The van der Waals surface area contributed by atoms with Crippen molar-refractivity contribution in [2.45, 2.75) is 36.6 Å². The smallest absolute Gasteiger partial charge is 0.380 e. The summed E-state index contributed by atoms with van der Waals surface area (Å²) in [7, 11) is -3.03. The molecular weight excluding hydrogens is 543 g/mol. The molecular formula is C26H25ClF3N3O4S. The Hall–Kier alpha value is -2.99. The minimum atomic E-state index is -4.90. The van der Waals surface area contributed by atoms with Crippen LogP contribution in [0.1, 0.15) is 34.3 Å². The Labute approximate surface area is 223 Å². The van der Waals surface area contributed by atoms with Gasteiger partial charge in [0.25, 0.3) is 5.91 Å². The predicted octanol–water partition coefficient (Wildman–Crippen LogP) is 5.15. The number of carbonyl (C=O) groups is 1. The third-order valence-corrected chi connectivity index (χ3v) is 8.08. The highest BCUT2D eigenvalue weighted by atomic mass is 35.5. The van der Waals surface area contributed by atoms with Gasteiger partial charge >= 0.3 is 6.18 Å². The molecule has 0 atom stereocenters.